The molecule has 106 valence electrons. The molecule has 0 aliphatic heterocycles. The van der Waals surface area contributed by atoms with E-state index >= 15 is 0 Å². The number of thiazole rings is 1. The lowest BCUT2D eigenvalue weighted by atomic mass is 10.2. The Kier molecular flexibility index (Phi) is 5.06. The zero-order valence-electron chi connectivity index (χ0n) is 11.5. The van der Waals surface area contributed by atoms with Gasteiger partial charge in [-0.25, -0.2) is 4.98 Å². The van der Waals surface area contributed by atoms with Crippen LogP contribution in [0.5, 0.6) is 0 Å². The second kappa shape index (κ2) is 7.00. The summed E-state index contributed by atoms with van der Waals surface area (Å²) in [6.45, 7) is 4.84. The number of carbonyl (C=O) groups is 1. The number of hydrogen-bond acceptors (Lipinski definition) is 6. The molecule has 0 unspecified atom stereocenters. The van der Waals surface area contributed by atoms with Gasteiger partial charge in [-0.1, -0.05) is 6.07 Å². The van der Waals surface area contributed by atoms with Crippen LogP contribution in [-0.4, -0.2) is 22.5 Å². The summed E-state index contributed by atoms with van der Waals surface area (Å²) in [4.78, 5) is 20.0. The van der Waals surface area contributed by atoms with Gasteiger partial charge >= 0.3 is 5.97 Å². The maximum absolute atomic E-state index is 11.4. The summed E-state index contributed by atoms with van der Waals surface area (Å²) in [7, 11) is 0. The standard InChI is InChI=1S/C14H17N3O2S/c1-3-19-13(18)7-11-9-20-14(17-11)16-8-12-10(2)5-4-6-15-12/h4-6,9H,3,7-8H2,1-2H3,(H,16,17). The van der Waals surface area contributed by atoms with E-state index in [0.29, 0.717) is 13.2 Å². The Bertz CT molecular complexity index is 583. The van der Waals surface area contributed by atoms with E-state index in [0.717, 1.165) is 22.1 Å². The van der Waals surface area contributed by atoms with Crippen LogP contribution < -0.4 is 5.32 Å². The third-order valence-corrected chi connectivity index (χ3v) is 3.56. The minimum Gasteiger partial charge on any atom is -0.466 e. The minimum atomic E-state index is -0.245. The molecule has 0 saturated carbocycles. The topological polar surface area (TPSA) is 64.1 Å². The lowest BCUT2D eigenvalue weighted by molar-refractivity contribution is -0.142. The second-order valence-electron chi connectivity index (χ2n) is 4.25. The third-order valence-electron chi connectivity index (χ3n) is 2.71. The first kappa shape index (κ1) is 14.5. The highest BCUT2D eigenvalue weighted by atomic mass is 32.1. The summed E-state index contributed by atoms with van der Waals surface area (Å²) >= 11 is 1.48. The van der Waals surface area contributed by atoms with E-state index in [1.807, 2.05) is 24.4 Å². The SMILES string of the molecule is CCOC(=O)Cc1csc(NCc2ncccc2C)n1. The van der Waals surface area contributed by atoms with Gasteiger partial charge in [0.1, 0.15) is 0 Å². The van der Waals surface area contributed by atoms with Crippen LogP contribution in [0, 0.1) is 6.92 Å². The molecule has 0 bridgehead atoms. The number of esters is 1. The van der Waals surface area contributed by atoms with Crippen LogP contribution in [0.2, 0.25) is 0 Å². The van der Waals surface area contributed by atoms with Crippen LogP contribution in [0.15, 0.2) is 23.7 Å². The van der Waals surface area contributed by atoms with Crippen LogP contribution in [0.25, 0.3) is 0 Å². The monoisotopic (exact) mass is 291 g/mol. The number of hydrogen-bond donors (Lipinski definition) is 1. The van der Waals surface area contributed by atoms with Crippen molar-refractivity contribution in [1.29, 1.82) is 0 Å². The maximum Gasteiger partial charge on any atom is 0.311 e. The van der Waals surface area contributed by atoms with Crippen molar-refractivity contribution in [2.45, 2.75) is 26.8 Å². The molecule has 2 aromatic heterocycles. The van der Waals surface area contributed by atoms with Crippen molar-refractivity contribution in [1.82, 2.24) is 9.97 Å². The molecule has 0 saturated heterocycles. The van der Waals surface area contributed by atoms with Gasteiger partial charge in [-0.2, -0.15) is 0 Å². The summed E-state index contributed by atoms with van der Waals surface area (Å²) in [5.41, 5.74) is 2.87. The molecule has 1 N–H and O–H groups in total. The van der Waals surface area contributed by atoms with E-state index in [-0.39, 0.29) is 12.4 Å². The van der Waals surface area contributed by atoms with Crippen molar-refractivity contribution in [3.8, 4) is 0 Å². The van der Waals surface area contributed by atoms with Crippen LogP contribution in [0.1, 0.15) is 23.9 Å². The van der Waals surface area contributed by atoms with Gasteiger partial charge in [0.25, 0.3) is 0 Å². The van der Waals surface area contributed by atoms with E-state index in [2.05, 4.69) is 15.3 Å². The highest BCUT2D eigenvalue weighted by Gasteiger charge is 2.08. The summed E-state index contributed by atoms with van der Waals surface area (Å²) in [5, 5.41) is 5.87. The van der Waals surface area contributed by atoms with Crippen LogP contribution in [0.3, 0.4) is 0 Å². The fourth-order valence-electron chi connectivity index (χ4n) is 1.69. The fraction of sp³-hybridized carbons (Fsp3) is 0.357. The Morgan fingerprint density at radius 1 is 1.50 bits per heavy atom. The quantitative estimate of drug-likeness (QED) is 0.829. The highest BCUT2D eigenvalue weighted by Crippen LogP contribution is 2.17. The predicted molar refractivity (Wildman–Crippen MR) is 78.8 cm³/mol. The number of carbonyl (C=O) groups excluding carboxylic acids is 1. The van der Waals surface area contributed by atoms with Crippen molar-refractivity contribution >= 4 is 22.4 Å². The van der Waals surface area contributed by atoms with Gasteiger partial charge in [0.2, 0.25) is 0 Å². The van der Waals surface area contributed by atoms with E-state index in [9.17, 15) is 4.79 Å². The second-order valence-corrected chi connectivity index (χ2v) is 5.10. The summed E-state index contributed by atoms with van der Waals surface area (Å²) in [6, 6.07) is 3.94. The summed E-state index contributed by atoms with van der Waals surface area (Å²) in [6.07, 6.45) is 1.99. The van der Waals surface area contributed by atoms with Gasteiger partial charge in [0, 0.05) is 11.6 Å². The van der Waals surface area contributed by atoms with Crippen molar-refractivity contribution in [2.75, 3.05) is 11.9 Å². The molecule has 0 spiro atoms. The average Bonchev–Trinajstić information content (AvgIpc) is 2.85. The smallest absolute Gasteiger partial charge is 0.311 e. The maximum atomic E-state index is 11.4. The van der Waals surface area contributed by atoms with E-state index < -0.39 is 0 Å². The number of rotatable bonds is 6. The predicted octanol–water partition coefficient (Wildman–Crippen LogP) is 2.56. The van der Waals surface area contributed by atoms with Crippen molar-refractivity contribution in [3.63, 3.8) is 0 Å². The van der Waals surface area contributed by atoms with E-state index in [4.69, 9.17) is 4.74 Å². The zero-order valence-corrected chi connectivity index (χ0v) is 12.4. The number of ether oxygens (including phenoxy) is 1. The van der Waals surface area contributed by atoms with Crippen molar-refractivity contribution < 1.29 is 9.53 Å². The largest absolute Gasteiger partial charge is 0.466 e. The molecule has 0 amide bonds. The first-order valence-corrected chi connectivity index (χ1v) is 7.31. The number of pyridine rings is 1. The molecule has 2 aromatic rings. The van der Waals surface area contributed by atoms with Gasteiger partial charge in [-0.3, -0.25) is 9.78 Å². The van der Waals surface area contributed by atoms with Gasteiger partial charge < -0.3 is 10.1 Å². The molecule has 0 aliphatic carbocycles. The fourth-order valence-corrected chi connectivity index (χ4v) is 2.40. The number of nitrogens with one attached hydrogen (secondary N) is 1. The molecule has 2 heterocycles. The molecule has 5 nitrogen and oxygen atoms in total. The lowest BCUT2D eigenvalue weighted by Gasteiger charge is -2.04. The normalized spacial score (nSPS) is 10.3. The van der Waals surface area contributed by atoms with Crippen molar-refractivity contribution in [2.24, 2.45) is 0 Å². The number of nitrogens with zero attached hydrogens (tertiary/aromatic N) is 2. The Morgan fingerprint density at radius 2 is 2.35 bits per heavy atom. The number of aromatic nitrogens is 2. The molecule has 0 aliphatic rings. The Hall–Kier alpha value is -1.95. The first-order valence-electron chi connectivity index (χ1n) is 6.43. The average molecular weight is 291 g/mol. The Labute approximate surface area is 122 Å². The lowest BCUT2D eigenvalue weighted by Crippen LogP contribution is -2.08. The molecule has 0 radical (unpaired) electrons. The minimum absolute atomic E-state index is 0.217. The highest BCUT2D eigenvalue weighted by molar-refractivity contribution is 7.13. The number of aryl methyl sites for hydroxylation is 1. The summed E-state index contributed by atoms with van der Waals surface area (Å²) in [5.74, 6) is -0.245. The van der Waals surface area contributed by atoms with Crippen LogP contribution >= 0.6 is 11.3 Å². The van der Waals surface area contributed by atoms with Crippen LogP contribution in [0.4, 0.5) is 5.13 Å². The molecule has 6 heteroatoms. The number of anilines is 1. The van der Waals surface area contributed by atoms with E-state index in [1.54, 1.807) is 13.1 Å². The summed E-state index contributed by atoms with van der Waals surface area (Å²) < 4.78 is 4.90. The molecule has 0 fully saturated rings. The molecule has 2 rings (SSSR count). The molecular weight excluding hydrogens is 274 g/mol. The van der Waals surface area contributed by atoms with Gasteiger partial charge in [0.05, 0.1) is 31.0 Å². The first-order chi connectivity index (χ1) is 9.69. The third kappa shape index (κ3) is 4.03. The molecule has 20 heavy (non-hydrogen) atoms. The zero-order chi connectivity index (χ0) is 14.4. The molecule has 0 aromatic carbocycles. The van der Waals surface area contributed by atoms with Gasteiger partial charge in [0.15, 0.2) is 5.13 Å². The molecule has 0 atom stereocenters. The Balaban J connectivity index is 1.90. The van der Waals surface area contributed by atoms with Crippen molar-refractivity contribution in [3.05, 3.63) is 40.7 Å². The van der Waals surface area contributed by atoms with Gasteiger partial charge in [-0.05, 0) is 25.5 Å². The van der Waals surface area contributed by atoms with Crippen LogP contribution in [-0.2, 0) is 22.5 Å². The van der Waals surface area contributed by atoms with E-state index in [1.165, 1.54) is 11.3 Å². The van der Waals surface area contributed by atoms with Gasteiger partial charge in [-0.15, -0.1) is 11.3 Å². The molecular formula is C14H17N3O2S. The Morgan fingerprint density at radius 3 is 3.10 bits per heavy atom.